The van der Waals surface area contributed by atoms with E-state index in [0.717, 1.165) is 0 Å². The summed E-state index contributed by atoms with van der Waals surface area (Å²) < 4.78 is 0. The standard InChI is InChI=1S/C15H13N3O2/c16-15(11-7-3-1-4-8-11)13(19)17-14(20)18(15)12-9-5-2-6-10-12/h1-10H,16H2,(H,17,19,20). The predicted octanol–water partition coefficient (Wildman–Crippen LogP) is 1.55. The van der Waals surface area contributed by atoms with Gasteiger partial charge in [0, 0.05) is 11.3 Å². The molecular weight excluding hydrogens is 254 g/mol. The van der Waals surface area contributed by atoms with Crippen LogP contribution in [-0.4, -0.2) is 11.9 Å². The van der Waals surface area contributed by atoms with E-state index in [1.165, 1.54) is 4.90 Å². The van der Waals surface area contributed by atoms with Crippen LogP contribution >= 0.6 is 0 Å². The van der Waals surface area contributed by atoms with Crippen molar-refractivity contribution >= 4 is 17.6 Å². The summed E-state index contributed by atoms with van der Waals surface area (Å²) in [5.41, 5.74) is 5.89. The summed E-state index contributed by atoms with van der Waals surface area (Å²) in [6.45, 7) is 0. The Bertz CT molecular complexity index is 657. The van der Waals surface area contributed by atoms with E-state index >= 15 is 0 Å². The summed E-state index contributed by atoms with van der Waals surface area (Å²) >= 11 is 0. The minimum atomic E-state index is -1.53. The molecule has 0 bridgehead atoms. The zero-order valence-electron chi connectivity index (χ0n) is 10.6. The van der Waals surface area contributed by atoms with Gasteiger partial charge in [-0.05, 0) is 12.1 Å². The molecule has 3 rings (SSSR count). The number of para-hydroxylation sites is 1. The highest BCUT2D eigenvalue weighted by molar-refractivity contribution is 6.16. The molecule has 100 valence electrons. The predicted molar refractivity (Wildman–Crippen MR) is 74.8 cm³/mol. The number of imide groups is 1. The quantitative estimate of drug-likeness (QED) is 0.811. The lowest BCUT2D eigenvalue weighted by atomic mass is 9.98. The fraction of sp³-hybridized carbons (Fsp3) is 0.0667. The Kier molecular flexibility index (Phi) is 2.76. The van der Waals surface area contributed by atoms with E-state index in [1.807, 2.05) is 12.1 Å². The highest BCUT2D eigenvalue weighted by Crippen LogP contribution is 2.32. The summed E-state index contributed by atoms with van der Waals surface area (Å²) in [5.74, 6) is -0.530. The number of nitrogens with one attached hydrogen (secondary N) is 1. The van der Waals surface area contributed by atoms with Gasteiger partial charge in [0.15, 0.2) is 0 Å². The number of nitrogens with two attached hydrogens (primary N) is 1. The molecule has 1 aliphatic rings. The zero-order chi connectivity index (χ0) is 14.2. The smallest absolute Gasteiger partial charge is 0.296 e. The molecule has 0 radical (unpaired) electrons. The third-order valence-electron chi connectivity index (χ3n) is 3.35. The number of carbonyl (C=O) groups is 2. The lowest BCUT2D eigenvalue weighted by Crippen LogP contribution is -2.54. The topological polar surface area (TPSA) is 75.4 Å². The van der Waals surface area contributed by atoms with Crippen LogP contribution in [0.25, 0.3) is 0 Å². The lowest BCUT2D eigenvalue weighted by Gasteiger charge is -2.31. The van der Waals surface area contributed by atoms with Crippen molar-refractivity contribution in [2.45, 2.75) is 5.66 Å². The molecule has 3 N–H and O–H groups in total. The maximum absolute atomic E-state index is 12.2. The summed E-state index contributed by atoms with van der Waals surface area (Å²) in [4.78, 5) is 25.6. The molecule has 1 aliphatic heterocycles. The van der Waals surface area contributed by atoms with Gasteiger partial charge >= 0.3 is 6.03 Å². The average Bonchev–Trinajstić information content (AvgIpc) is 2.72. The molecule has 0 spiro atoms. The van der Waals surface area contributed by atoms with Crippen molar-refractivity contribution in [2.24, 2.45) is 5.73 Å². The van der Waals surface area contributed by atoms with Crippen LogP contribution in [0.5, 0.6) is 0 Å². The van der Waals surface area contributed by atoms with Crippen LogP contribution in [0, 0.1) is 0 Å². The second kappa shape index (κ2) is 4.47. The minimum Gasteiger partial charge on any atom is -0.296 e. The number of carbonyl (C=O) groups excluding carboxylic acids is 2. The number of nitrogens with zero attached hydrogens (tertiary/aromatic N) is 1. The third-order valence-corrected chi connectivity index (χ3v) is 3.35. The van der Waals surface area contributed by atoms with Crippen LogP contribution in [0.1, 0.15) is 5.56 Å². The fourth-order valence-corrected chi connectivity index (χ4v) is 2.36. The van der Waals surface area contributed by atoms with Crippen LogP contribution in [0.3, 0.4) is 0 Å². The molecule has 1 atom stereocenters. The Morgan fingerprint density at radius 2 is 1.45 bits per heavy atom. The van der Waals surface area contributed by atoms with Crippen molar-refractivity contribution < 1.29 is 9.59 Å². The summed E-state index contributed by atoms with van der Waals surface area (Å²) in [6, 6.07) is 17.2. The van der Waals surface area contributed by atoms with E-state index in [-0.39, 0.29) is 0 Å². The molecule has 2 aromatic carbocycles. The maximum Gasteiger partial charge on any atom is 0.330 e. The third kappa shape index (κ3) is 1.68. The SMILES string of the molecule is NC1(c2ccccc2)C(=O)NC(=O)N1c1ccccc1. The van der Waals surface area contributed by atoms with Crippen LogP contribution < -0.4 is 16.0 Å². The monoisotopic (exact) mass is 267 g/mol. The molecular formula is C15H13N3O2. The second-order valence-electron chi connectivity index (χ2n) is 4.56. The van der Waals surface area contributed by atoms with Gasteiger partial charge in [-0.25, -0.2) is 4.79 Å². The molecule has 2 aromatic rings. The van der Waals surface area contributed by atoms with E-state index in [4.69, 9.17) is 5.73 Å². The molecule has 1 unspecified atom stereocenters. The van der Waals surface area contributed by atoms with Gasteiger partial charge in [0.2, 0.25) is 5.66 Å². The van der Waals surface area contributed by atoms with Gasteiger partial charge in [-0.2, -0.15) is 0 Å². The average molecular weight is 267 g/mol. The first kappa shape index (κ1) is 12.4. The maximum atomic E-state index is 12.2. The molecule has 1 fully saturated rings. The van der Waals surface area contributed by atoms with E-state index < -0.39 is 17.6 Å². The Hall–Kier alpha value is -2.66. The molecule has 5 nitrogen and oxygen atoms in total. The molecule has 0 aliphatic carbocycles. The van der Waals surface area contributed by atoms with Crippen molar-refractivity contribution in [1.82, 2.24) is 5.32 Å². The Balaban J connectivity index is 2.16. The van der Waals surface area contributed by atoms with E-state index in [0.29, 0.717) is 11.3 Å². The van der Waals surface area contributed by atoms with Crippen molar-refractivity contribution in [3.8, 4) is 0 Å². The van der Waals surface area contributed by atoms with Gasteiger partial charge in [-0.3, -0.25) is 20.7 Å². The summed E-state index contributed by atoms with van der Waals surface area (Å²) in [7, 11) is 0. The summed E-state index contributed by atoms with van der Waals surface area (Å²) in [6.07, 6.45) is 0. The Morgan fingerprint density at radius 3 is 2.05 bits per heavy atom. The highest BCUT2D eigenvalue weighted by atomic mass is 16.2. The molecule has 20 heavy (non-hydrogen) atoms. The van der Waals surface area contributed by atoms with Crippen LogP contribution in [0.2, 0.25) is 0 Å². The van der Waals surface area contributed by atoms with Crippen molar-refractivity contribution in [2.75, 3.05) is 4.90 Å². The number of amides is 3. The zero-order valence-corrected chi connectivity index (χ0v) is 10.6. The summed E-state index contributed by atoms with van der Waals surface area (Å²) in [5, 5.41) is 2.28. The molecule has 1 saturated heterocycles. The first-order valence-corrected chi connectivity index (χ1v) is 6.19. The minimum absolute atomic E-state index is 0.521. The first-order valence-electron chi connectivity index (χ1n) is 6.19. The Morgan fingerprint density at radius 1 is 0.900 bits per heavy atom. The molecule has 1 heterocycles. The Labute approximate surface area is 116 Å². The highest BCUT2D eigenvalue weighted by Gasteiger charge is 2.52. The van der Waals surface area contributed by atoms with Crippen LogP contribution in [0.15, 0.2) is 60.7 Å². The number of hydrogen-bond donors (Lipinski definition) is 2. The lowest BCUT2D eigenvalue weighted by molar-refractivity contribution is -0.123. The fourth-order valence-electron chi connectivity index (χ4n) is 2.36. The van der Waals surface area contributed by atoms with Gasteiger partial charge in [0.1, 0.15) is 0 Å². The second-order valence-corrected chi connectivity index (χ2v) is 4.56. The largest absolute Gasteiger partial charge is 0.330 e. The van der Waals surface area contributed by atoms with E-state index in [9.17, 15) is 9.59 Å². The number of hydrogen-bond acceptors (Lipinski definition) is 3. The van der Waals surface area contributed by atoms with E-state index in [1.54, 1.807) is 48.5 Å². The van der Waals surface area contributed by atoms with Gasteiger partial charge in [-0.15, -0.1) is 0 Å². The number of anilines is 1. The molecule has 0 aromatic heterocycles. The van der Waals surface area contributed by atoms with Gasteiger partial charge in [-0.1, -0.05) is 48.5 Å². The number of rotatable bonds is 2. The van der Waals surface area contributed by atoms with Crippen molar-refractivity contribution in [3.63, 3.8) is 0 Å². The number of urea groups is 1. The van der Waals surface area contributed by atoms with Crippen LogP contribution in [-0.2, 0) is 10.5 Å². The van der Waals surface area contributed by atoms with Crippen molar-refractivity contribution in [1.29, 1.82) is 0 Å². The van der Waals surface area contributed by atoms with Gasteiger partial charge in [0.25, 0.3) is 5.91 Å². The molecule has 0 saturated carbocycles. The normalized spacial score (nSPS) is 21.9. The van der Waals surface area contributed by atoms with Gasteiger partial charge in [0.05, 0.1) is 0 Å². The van der Waals surface area contributed by atoms with Crippen molar-refractivity contribution in [3.05, 3.63) is 66.2 Å². The van der Waals surface area contributed by atoms with E-state index in [2.05, 4.69) is 5.32 Å². The molecule has 5 heteroatoms. The van der Waals surface area contributed by atoms with Crippen LogP contribution in [0.4, 0.5) is 10.5 Å². The first-order chi connectivity index (χ1) is 9.64. The molecule has 3 amide bonds. The number of benzene rings is 2. The van der Waals surface area contributed by atoms with Gasteiger partial charge < -0.3 is 0 Å².